The first-order valence-corrected chi connectivity index (χ1v) is 11.8. The molecule has 0 unspecified atom stereocenters. The monoisotopic (exact) mass is 433 g/mol. The van der Waals surface area contributed by atoms with Gasteiger partial charge in [0.2, 0.25) is 10.0 Å². The van der Waals surface area contributed by atoms with Crippen LogP contribution in [0.4, 0.5) is 15.9 Å². The molecule has 1 aromatic heterocycles. The van der Waals surface area contributed by atoms with Crippen molar-refractivity contribution in [2.75, 3.05) is 69.2 Å². The van der Waals surface area contributed by atoms with Crippen LogP contribution in [0, 0.1) is 5.82 Å². The fourth-order valence-electron chi connectivity index (χ4n) is 3.95. The minimum absolute atomic E-state index is 0.231. The number of pyridine rings is 1. The fraction of sp³-hybridized carbons (Fsp3) is 0.476. The second-order valence-electron chi connectivity index (χ2n) is 7.86. The van der Waals surface area contributed by atoms with Gasteiger partial charge in [0.1, 0.15) is 16.5 Å². The van der Waals surface area contributed by atoms with E-state index >= 15 is 0 Å². The highest BCUT2D eigenvalue weighted by Gasteiger charge is 2.28. The number of nitrogens with zero attached hydrogens (tertiary/aromatic N) is 5. The first kappa shape index (κ1) is 21.0. The molecule has 1 aromatic carbocycles. The van der Waals surface area contributed by atoms with Crippen LogP contribution in [0.15, 0.2) is 47.5 Å². The standard InChI is InChI=1S/C21H28FN5O2S/c1-24-11-15-27(16-12-24)30(28,29)20-7-8-21(23-17-20)26-10-2-9-25(13-14-26)19-5-3-18(22)4-6-19/h3-8,17H,2,9-16H2,1H3. The van der Waals surface area contributed by atoms with E-state index in [9.17, 15) is 12.8 Å². The second-order valence-corrected chi connectivity index (χ2v) is 9.80. The van der Waals surface area contributed by atoms with Crippen LogP contribution < -0.4 is 9.80 Å². The zero-order valence-electron chi connectivity index (χ0n) is 17.2. The minimum Gasteiger partial charge on any atom is -0.370 e. The zero-order chi connectivity index (χ0) is 21.1. The maximum atomic E-state index is 13.2. The summed E-state index contributed by atoms with van der Waals surface area (Å²) in [4.78, 5) is 11.3. The average Bonchev–Trinajstić information content (AvgIpc) is 3.01. The molecule has 2 aliphatic rings. The van der Waals surface area contributed by atoms with Gasteiger partial charge < -0.3 is 14.7 Å². The molecule has 30 heavy (non-hydrogen) atoms. The molecular formula is C21H28FN5O2S. The summed E-state index contributed by atoms with van der Waals surface area (Å²) in [5.74, 6) is 0.555. The highest BCUT2D eigenvalue weighted by Crippen LogP contribution is 2.22. The average molecular weight is 434 g/mol. The number of sulfonamides is 1. The third kappa shape index (κ3) is 4.58. The molecule has 0 atom stereocenters. The van der Waals surface area contributed by atoms with Crippen molar-refractivity contribution in [2.24, 2.45) is 0 Å². The number of halogens is 1. The predicted octanol–water partition coefficient (Wildman–Crippen LogP) is 1.87. The number of hydrogen-bond donors (Lipinski definition) is 0. The van der Waals surface area contributed by atoms with Crippen LogP contribution in [0.1, 0.15) is 6.42 Å². The third-order valence-corrected chi connectivity index (χ3v) is 7.71. The van der Waals surface area contributed by atoms with Gasteiger partial charge in [0.15, 0.2) is 0 Å². The molecule has 3 heterocycles. The Labute approximate surface area is 177 Å². The number of aromatic nitrogens is 1. The van der Waals surface area contributed by atoms with E-state index in [1.54, 1.807) is 24.3 Å². The molecular weight excluding hydrogens is 405 g/mol. The smallest absolute Gasteiger partial charge is 0.244 e. The first-order valence-electron chi connectivity index (χ1n) is 10.3. The summed E-state index contributed by atoms with van der Waals surface area (Å²) < 4.78 is 40.5. The SMILES string of the molecule is CN1CCN(S(=O)(=O)c2ccc(N3CCCN(c4ccc(F)cc4)CC3)nc2)CC1. The lowest BCUT2D eigenvalue weighted by atomic mass is 10.2. The van der Waals surface area contributed by atoms with Crippen LogP contribution in [-0.2, 0) is 10.0 Å². The number of rotatable bonds is 4. The summed E-state index contributed by atoms with van der Waals surface area (Å²) in [5, 5.41) is 0. The normalized spacial score (nSPS) is 19.7. The van der Waals surface area contributed by atoms with E-state index in [2.05, 4.69) is 19.7 Å². The van der Waals surface area contributed by atoms with Crippen molar-refractivity contribution in [2.45, 2.75) is 11.3 Å². The molecule has 2 aromatic rings. The van der Waals surface area contributed by atoms with Gasteiger partial charge in [0.05, 0.1) is 0 Å². The lowest BCUT2D eigenvalue weighted by molar-refractivity contribution is 0.222. The maximum Gasteiger partial charge on any atom is 0.244 e. The number of piperazine rings is 1. The zero-order valence-corrected chi connectivity index (χ0v) is 18.1. The molecule has 2 fully saturated rings. The molecule has 0 N–H and O–H groups in total. The number of hydrogen-bond acceptors (Lipinski definition) is 6. The summed E-state index contributed by atoms with van der Waals surface area (Å²) in [6, 6.07) is 10.1. The largest absolute Gasteiger partial charge is 0.370 e. The Balaban J connectivity index is 1.42. The summed E-state index contributed by atoms with van der Waals surface area (Å²) in [6.45, 7) is 5.79. The van der Waals surface area contributed by atoms with Crippen LogP contribution in [0.3, 0.4) is 0 Å². The lowest BCUT2D eigenvalue weighted by Crippen LogP contribution is -2.47. The molecule has 0 amide bonds. The van der Waals surface area contributed by atoms with Gasteiger partial charge in [-0.2, -0.15) is 4.31 Å². The molecule has 0 spiro atoms. The van der Waals surface area contributed by atoms with Crippen molar-refractivity contribution in [3.63, 3.8) is 0 Å². The van der Waals surface area contributed by atoms with E-state index in [0.29, 0.717) is 13.1 Å². The second kappa shape index (κ2) is 8.87. The molecule has 4 rings (SSSR count). The lowest BCUT2D eigenvalue weighted by Gasteiger charge is -2.31. The van der Waals surface area contributed by atoms with Crippen molar-refractivity contribution in [1.82, 2.24) is 14.2 Å². The van der Waals surface area contributed by atoms with E-state index in [1.165, 1.54) is 22.6 Å². The molecule has 0 radical (unpaired) electrons. The predicted molar refractivity (Wildman–Crippen MR) is 116 cm³/mol. The van der Waals surface area contributed by atoms with Gasteiger partial charge >= 0.3 is 0 Å². The number of anilines is 2. The topological polar surface area (TPSA) is 60.0 Å². The maximum absolute atomic E-state index is 13.2. The van der Waals surface area contributed by atoms with Gasteiger partial charge in [-0.15, -0.1) is 0 Å². The van der Waals surface area contributed by atoms with Gasteiger partial charge in [-0.05, 0) is 49.9 Å². The van der Waals surface area contributed by atoms with E-state index in [1.807, 2.05) is 7.05 Å². The highest BCUT2D eigenvalue weighted by molar-refractivity contribution is 7.89. The molecule has 2 saturated heterocycles. The van der Waals surface area contributed by atoms with Crippen molar-refractivity contribution in [3.05, 3.63) is 48.4 Å². The molecule has 0 aliphatic carbocycles. The van der Waals surface area contributed by atoms with Crippen LogP contribution in [0.2, 0.25) is 0 Å². The Morgan fingerprint density at radius 3 is 2.17 bits per heavy atom. The Bertz CT molecular complexity index is 944. The summed E-state index contributed by atoms with van der Waals surface area (Å²) in [7, 11) is -1.50. The fourth-order valence-corrected chi connectivity index (χ4v) is 5.31. The van der Waals surface area contributed by atoms with Crippen molar-refractivity contribution >= 4 is 21.5 Å². The molecule has 9 heteroatoms. The molecule has 7 nitrogen and oxygen atoms in total. The first-order chi connectivity index (χ1) is 14.4. The quantitative estimate of drug-likeness (QED) is 0.734. The highest BCUT2D eigenvalue weighted by atomic mass is 32.2. The third-order valence-electron chi connectivity index (χ3n) is 5.83. The van der Waals surface area contributed by atoms with Gasteiger partial charge in [0.25, 0.3) is 0 Å². The number of likely N-dealkylation sites (N-methyl/N-ethyl adjacent to an activating group) is 1. The van der Waals surface area contributed by atoms with Crippen molar-refractivity contribution < 1.29 is 12.8 Å². The van der Waals surface area contributed by atoms with Gasteiger partial charge in [-0.3, -0.25) is 0 Å². The Kier molecular flexibility index (Phi) is 6.21. The van der Waals surface area contributed by atoms with E-state index in [0.717, 1.165) is 57.2 Å². The van der Waals surface area contributed by atoms with Gasteiger partial charge in [-0.1, -0.05) is 0 Å². The summed E-state index contributed by atoms with van der Waals surface area (Å²) in [5.41, 5.74) is 1.01. The van der Waals surface area contributed by atoms with E-state index < -0.39 is 10.0 Å². The molecule has 0 bridgehead atoms. The van der Waals surface area contributed by atoms with E-state index in [-0.39, 0.29) is 10.7 Å². The van der Waals surface area contributed by atoms with Crippen LogP contribution in [-0.4, -0.2) is 82.0 Å². The summed E-state index contributed by atoms with van der Waals surface area (Å²) in [6.07, 6.45) is 2.42. The Morgan fingerprint density at radius 1 is 0.833 bits per heavy atom. The van der Waals surface area contributed by atoms with Crippen molar-refractivity contribution in [3.8, 4) is 0 Å². The van der Waals surface area contributed by atoms with Crippen LogP contribution >= 0.6 is 0 Å². The van der Waals surface area contributed by atoms with Crippen LogP contribution in [0.5, 0.6) is 0 Å². The van der Waals surface area contributed by atoms with Gasteiger partial charge in [0, 0.05) is 64.2 Å². The minimum atomic E-state index is -3.50. The van der Waals surface area contributed by atoms with Crippen LogP contribution in [0.25, 0.3) is 0 Å². The van der Waals surface area contributed by atoms with Gasteiger partial charge in [-0.25, -0.2) is 17.8 Å². The van der Waals surface area contributed by atoms with Crippen molar-refractivity contribution in [1.29, 1.82) is 0 Å². The Morgan fingerprint density at radius 2 is 1.50 bits per heavy atom. The Hall–Kier alpha value is -2.23. The van der Waals surface area contributed by atoms with E-state index in [4.69, 9.17) is 0 Å². The molecule has 0 saturated carbocycles. The number of benzene rings is 1. The molecule has 2 aliphatic heterocycles. The summed E-state index contributed by atoms with van der Waals surface area (Å²) >= 11 is 0. The molecule has 162 valence electrons.